The fraction of sp³-hybridized carbons (Fsp3) is 0.167. The van der Waals surface area contributed by atoms with Crippen molar-refractivity contribution >= 4 is 5.95 Å². The van der Waals surface area contributed by atoms with E-state index in [1.165, 1.54) is 0 Å². The molecule has 0 aliphatic heterocycles. The molecule has 5 N–H and O–H groups in total. The van der Waals surface area contributed by atoms with E-state index in [2.05, 4.69) is 37.6 Å². The standard InChI is InChI=1S/C6H6N6.2ClH/c7-3-1-2-5-4-9-6(10-5)11-12-8;;/h4H,3,7H2,(H,9,10);2*1H. The van der Waals surface area contributed by atoms with Crippen molar-refractivity contribution in [3.8, 4) is 11.8 Å². The van der Waals surface area contributed by atoms with Gasteiger partial charge in [0.2, 0.25) is 4.91 Å². The molecular formula is C6H8Cl2N6. The molecule has 0 atom stereocenters. The summed E-state index contributed by atoms with van der Waals surface area (Å²) in [6.45, 7) is 0.551. The van der Waals surface area contributed by atoms with E-state index >= 15 is 0 Å². The molecule has 0 bridgehead atoms. The largest absolute Gasteiger partial charge is 1.00 e. The highest BCUT2D eigenvalue weighted by Gasteiger charge is 2.08. The van der Waals surface area contributed by atoms with Crippen LogP contribution >= 0.6 is 0 Å². The average molecular weight is 235 g/mol. The van der Waals surface area contributed by atoms with E-state index in [4.69, 9.17) is 5.53 Å². The van der Waals surface area contributed by atoms with Crippen molar-refractivity contribution in [3.63, 3.8) is 0 Å². The van der Waals surface area contributed by atoms with Gasteiger partial charge in [-0.3, -0.25) is 0 Å². The van der Waals surface area contributed by atoms with E-state index in [-0.39, 0.29) is 24.8 Å². The predicted octanol–water partition coefficient (Wildman–Crippen LogP) is -6.63. The van der Waals surface area contributed by atoms with Gasteiger partial charge in [0.15, 0.2) is 5.69 Å². The summed E-state index contributed by atoms with van der Waals surface area (Å²) in [6.07, 6.45) is 1.63. The zero-order valence-corrected chi connectivity index (χ0v) is 8.60. The number of aromatic nitrogens is 2. The van der Waals surface area contributed by atoms with Crippen LogP contribution in [0, 0.1) is 11.8 Å². The van der Waals surface area contributed by atoms with E-state index in [9.17, 15) is 0 Å². The lowest BCUT2D eigenvalue weighted by Gasteiger charge is -1.68. The Bertz CT molecular complexity index is 369. The summed E-state index contributed by atoms with van der Waals surface area (Å²) in [4.78, 5) is 8.09. The van der Waals surface area contributed by atoms with Crippen LogP contribution in [-0.2, 0) is 0 Å². The van der Waals surface area contributed by atoms with Crippen molar-refractivity contribution in [2.45, 2.75) is 0 Å². The molecule has 1 heterocycles. The van der Waals surface area contributed by atoms with Crippen LogP contribution in [0.25, 0.3) is 10.4 Å². The van der Waals surface area contributed by atoms with Gasteiger partial charge in [-0.25, -0.2) is 9.97 Å². The number of quaternary nitrogens is 1. The van der Waals surface area contributed by atoms with Crippen LogP contribution in [-0.4, -0.2) is 11.5 Å². The Morgan fingerprint density at radius 2 is 2.36 bits per heavy atom. The van der Waals surface area contributed by atoms with Crippen LogP contribution < -0.4 is 35.5 Å². The number of nitrogens with zero attached hydrogens (tertiary/aromatic N) is 3. The van der Waals surface area contributed by atoms with E-state index in [1.54, 1.807) is 6.20 Å². The van der Waals surface area contributed by atoms with Gasteiger partial charge in [-0.1, -0.05) is 0 Å². The fourth-order valence-electron chi connectivity index (χ4n) is 0.664. The van der Waals surface area contributed by atoms with Crippen molar-refractivity contribution in [2.24, 2.45) is 5.11 Å². The normalized spacial score (nSPS) is 6.93. The minimum absolute atomic E-state index is 0. The predicted molar refractivity (Wildman–Crippen MR) is 40.8 cm³/mol. The number of hydrogen-bond donors (Lipinski definition) is 2. The van der Waals surface area contributed by atoms with Crippen LogP contribution in [0.2, 0.25) is 0 Å². The monoisotopic (exact) mass is 234 g/mol. The minimum atomic E-state index is 0. The number of halogens is 2. The Labute approximate surface area is 92.7 Å². The topological polar surface area (TPSA) is 106 Å². The smallest absolute Gasteiger partial charge is 0.481 e. The van der Waals surface area contributed by atoms with Crippen LogP contribution in [0.4, 0.5) is 5.95 Å². The van der Waals surface area contributed by atoms with Crippen LogP contribution in [0.15, 0.2) is 11.3 Å². The lowest BCUT2D eigenvalue weighted by Crippen LogP contribution is -3.00. The van der Waals surface area contributed by atoms with Crippen molar-refractivity contribution in [3.05, 3.63) is 22.3 Å². The summed E-state index contributed by atoms with van der Waals surface area (Å²) in [6, 6.07) is 0. The summed E-state index contributed by atoms with van der Waals surface area (Å²) in [5, 5.41) is 3.32. The van der Waals surface area contributed by atoms with Gasteiger partial charge in [0.05, 0.1) is 0 Å². The van der Waals surface area contributed by atoms with Gasteiger partial charge in [-0.05, 0) is 11.8 Å². The first-order valence-corrected chi connectivity index (χ1v) is 3.30. The maximum absolute atomic E-state index is 8.08. The van der Waals surface area contributed by atoms with Gasteiger partial charge in [0, 0.05) is 5.53 Å². The lowest BCUT2D eigenvalue weighted by molar-refractivity contribution is -0.360. The molecule has 76 valence electrons. The molecule has 0 amide bonds. The average Bonchev–Trinajstić information content (AvgIpc) is 2.50. The third kappa shape index (κ3) is 4.60. The highest BCUT2D eigenvalue weighted by molar-refractivity contribution is 5.26. The second kappa shape index (κ2) is 8.23. The first kappa shape index (κ1) is 15.1. The van der Waals surface area contributed by atoms with Gasteiger partial charge < -0.3 is 30.5 Å². The third-order valence-electron chi connectivity index (χ3n) is 1.10. The van der Waals surface area contributed by atoms with Crippen molar-refractivity contribution < 1.29 is 35.5 Å². The van der Waals surface area contributed by atoms with Gasteiger partial charge in [0.1, 0.15) is 12.7 Å². The quantitative estimate of drug-likeness (QED) is 0.209. The summed E-state index contributed by atoms with van der Waals surface area (Å²) < 4.78 is 0. The van der Waals surface area contributed by atoms with Crippen molar-refractivity contribution in [2.75, 3.05) is 6.54 Å². The third-order valence-corrected chi connectivity index (χ3v) is 1.10. The molecule has 6 nitrogen and oxygen atoms in total. The van der Waals surface area contributed by atoms with E-state index in [1.807, 2.05) is 0 Å². The molecule has 0 radical (unpaired) electrons. The highest BCUT2D eigenvalue weighted by Crippen LogP contribution is 1.98. The maximum Gasteiger partial charge on any atom is 0.481 e. The second-order valence-corrected chi connectivity index (χ2v) is 1.92. The molecule has 14 heavy (non-hydrogen) atoms. The zero-order chi connectivity index (χ0) is 8.81. The number of H-pyrrole nitrogens is 2. The Hall–Kier alpha value is -1.38. The highest BCUT2D eigenvalue weighted by atomic mass is 35.5. The SMILES string of the molecule is [Cl-].[Cl-].[N-]=[N+]=Nc1[nH]c(C#CC[NH3+])c[nH+]1. The first-order chi connectivity index (χ1) is 5.86. The van der Waals surface area contributed by atoms with Gasteiger partial charge in [-0.2, -0.15) is 0 Å². The Morgan fingerprint density at radius 1 is 1.64 bits per heavy atom. The molecule has 0 aliphatic rings. The van der Waals surface area contributed by atoms with Crippen molar-refractivity contribution in [1.29, 1.82) is 0 Å². The maximum atomic E-state index is 8.08. The molecule has 0 aliphatic carbocycles. The lowest BCUT2D eigenvalue weighted by atomic mass is 10.5. The number of hydrogen-bond acceptors (Lipinski definition) is 1. The minimum Gasteiger partial charge on any atom is -1.00 e. The molecule has 0 unspecified atom stereocenters. The second-order valence-electron chi connectivity index (χ2n) is 1.92. The summed E-state index contributed by atoms with van der Waals surface area (Å²) in [5.41, 5.74) is 12.3. The van der Waals surface area contributed by atoms with Crippen molar-refractivity contribution in [1.82, 2.24) is 4.98 Å². The summed E-state index contributed by atoms with van der Waals surface area (Å²) >= 11 is 0. The molecule has 0 saturated carbocycles. The molecule has 0 aromatic carbocycles. The summed E-state index contributed by atoms with van der Waals surface area (Å²) in [5.74, 6) is 5.92. The molecule has 0 fully saturated rings. The van der Waals surface area contributed by atoms with Gasteiger partial charge in [0.25, 0.3) is 0 Å². The number of aromatic amines is 2. The van der Waals surface area contributed by atoms with Gasteiger partial charge >= 0.3 is 11.1 Å². The molecule has 1 aromatic heterocycles. The number of nitrogens with one attached hydrogen (secondary N) is 2. The van der Waals surface area contributed by atoms with E-state index < -0.39 is 0 Å². The van der Waals surface area contributed by atoms with Gasteiger partial charge in [-0.15, -0.1) is 0 Å². The number of rotatable bonds is 1. The fourth-order valence-corrected chi connectivity index (χ4v) is 0.664. The summed E-state index contributed by atoms with van der Waals surface area (Å²) in [7, 11) is 0. The zero-order valence-electron chi connectivity index (χ0n) is 7.09. The Balaban J connectivity index is 0. The Morgan fingerprint density at radius 3 is 2.93 bits per heavy atom. The molecule has 0 spiro atoms. The molecule has 1 aromatic rings. The van der Waals surface area contributed by atoms with E-state index in [0.29, 0.717) is 18.2 Å². The van der Waals surface area contributed by atoms with Crippen LogP contribution in [0.3, 0.4) is 0 Å². The number of imidazole rings is 1. The molecule has 0 saturated heterocycles. The van der Waals surface area contributed by atoms with E-state index in [0.717, 1.165) is 0 Å². The first-order valence-electron chi connectivity index (χ1n) is 3.30. The van der Waals surface area contributed by atoms with Crippen LogP contribution in [0.1, 0.15) is 5.69 Å². The Kier molecular flexibility index (Phi) is 8.88. The molecular weight excluding hydrogens is 227 g/mol. The van der Waals surface area contributed by atoms with Crippen LogP contribution in [0.5, 0.6) is 0 Å². The molecule has 1 rings (SSSR count). The molecule has 8 heteroatoms. The number of azide groups is 1.